The molecule has 22 heavy (non-hydrogen) atoms. The van der Waals surface area contributed by atoms with E-state index in [9.17, 15) is 13.2 Å². The molecule has 3 rings (SSSR count). The molecule has 2 saturated heterocycles. The van der Waals surface area contributed by atoms with E-state index in [1.807, 2.05) is 23.1 Å². The Morgan fingerprint density at radius 2 is 2.00 bits per heavy atom. The van der Waals surface area contributed by atoms with Crippen LogP contribution < -0.4 is 0 Å². The highest BCUT2D eigenvalue weighted by atomic mass is 32.2. The highest BCUT2D eigenvalue weighted by Crippen LogP contribution is 2.21. The van der Waals surface area contributed by atoms with Gasteiger partial charge >= 0.3 is 0 Å². The van der Waals surface area contributed by atoms with E-state index in [0.29, 0.717) is 19.5 Å². The zero-order valence-electron chi connectivity index (χ0n) is 12.5. The Labute approximate surface area is 131 Å². The Balaban J connectivity index is 1.50. The average molecular weight is 323 g/mol. The second-order valence-electron chi connectivity index (χ2n) is 6.02. The van der Waals surface area contributed by atoms with Crippen molar-refractivity contribution >= 4 is 15.7 Å². The van der Waals surface area contributed by atoms with Crippen LogP contribution in [-0.4, -0.2) is 66.8 Å². The van der Waals surface area contributed by atoms with Crippen molar-refractivity contribution in [2.45, 2.75) is 13.0 Å². The summed E-state index contributed by atoms with van der Waals surface area (Å²) in [6.07, 6.45) is 2.27. The Hall–Kier alpha value is -1.47. The molecular weight excluding hydrogens is 302 g/mol. The molecule has 3 heterocycles. The molecule has 0 spiro atoms. The summed E-state index contributed by atoms with van der Waals surface area (Å²) < 4.78 is 23.0. The lowest BCUT2D eigenvalue weighted by molar-refractivity contribution is -0.136. The van der Waals surface area contributed by atoms with Crippen LogP contribution >= 0.6 is 0 Å². The maximum atomic E-state index is 12.4. The maximum Gasteiger partial charge on any atom is 0.226 e. The molecule has 1 atom stereocenters. The third-order valence-corrected chi connectivity index (χ3v) is 6.15. The van der Waals surface area contributed by atoms with Gasteiger partial charge < -0.3 is 4.90 Å². The molecule has 0 unspecified atom stereocenters. The minimum atomic E-state index is -3.00. The molecule has 2 fully saturated rings. The summed E-state index contributed by atoms with van der Waals surface area (Å²) in [7, 11) is -3.00. The molecule has 2 aliphatic rings. The Morgan fingerprint density at radius 1 is 1.23 bits per heavy atom. The van der Waals surface area contributed by atoms with E-state index < -0.39 is 9.84 Å². The first-order chi connectivity index (χ1) is 10.5. The molecule has 0 N–H and O–H groups in total. The lowest BCUT2D eigenvalue weighted by Crippen LogP contribution is -2.50. The van der Waals surface area contributed by atoms with Crippen molar-refractivity contribution in [1.29, 1.82) is 0 Å². The molecule has 0 radical (unpaired) electrons. The number of rotatable bonds is 3. The van der Waals surface area contributed by atoms with Gasteiger partial charge in [0.2, 0.25) is 5.91 Å². The molecule has 1 aromatic rings. The zero-order valence-corrected chi connectivity index (χ0v) is 13.3. The first-order valence-corrected chi connectivity index (χ1v) is 9.47. The largest absolute Gasteiger partial charge is 0.340 e. The van der Waals surface area contributed by atoms with Gasteiger partial charge in [-0.15, -0.1) is 0 Å². The van der Waals surface area contributed by atoms with Gasteiger partial charge in [-0.2, -0.15) is 0 Å². The molecular formula is C15H21N3O3S. The fourth-order valence-corrected chi connectivity index (χ4v) is 4.83. The van der Waals surface area contributed by atoms with Crippen LogP contribution in [0.1, 0.15) is 12.1 Å². The first kappa shape index (κ1) is 15.4. The number of carbonyl (C=O) groups excluding carboxylic acids is 1. The standard InChI is InChI=1S/C15H21N3O3S/c19-15(13-4-10-22(20,21)12-13)18-8-6-17(7-9-18)11-14-3-1-2-5-16-14/h1-3,5,13H,4,6-12H2/t13-/m1/s1. The van der Waals surface area contributed by atoms with Crippen LogP contribution in [0.2, 0.25) is 0 Å². The first-order valence-electron chi connectivity index (χ1n) is 7.65. The van der Waals surface area contributed by atoms with Gasteiger partial charge in [-0.1, -0.05) is 6.07 Å². The van der Waals surface area contributed by atoms with Crippen LogP contribution in [0, 0.1) is 5.92 Å². The molecule has 0 saturated carbocycles. The van der Waals surface area contributed by atoms with E-state index in [1.54, 1.807) is 6.20 Å². The molecule has 2 aliphatic heterocycles. The Morgan fingerprint density at radius 3 is 2.59 bits per heavy atom. The average Bonchev–Trinajstić information content (AvgIpc) is 2.88. The highest BCUT2D eigenvalue weighted by Gasteiger charge is 2.36. The highest BCUT2D eigenvalue weighted by molar-refractivity contribution is 7.91. The number of carbonyl (C=O) groups is 1. The van der Waals surface area contributed by atoms with Crippen LogP contribution in [0.3, 0.4) is 0 Å². The van der Waals surface area contributed by atoms with Gasteiger partial charge in [0.1, 0.15) is 0 Å². The van der Waals surface area contributed by atoms with Crippen molar-refractivity contribution in [3.05, 3.63) is 30.1 Å². The minimum absolute atomic E-state index is 0.0126. The summed E-state index contributed by atoms with van der Waals surface area (Å²) in [6.45, 7) is 3.74. The van der Waals surface area contributed by atoms with E-state index in [4.69, 9.17) is 0 Å². The SMILES string of the molecule is O=C([C@@H]1CCS(=O)(=O)C1)N1CCN(Cc2ccccn2)CC1. The van der Waals surface area contributed by atoms with Crippen molar-refractivity contribution in [2.75, 3.05) is 37.7 Å². The molecule has 0 aromatic carbocycles. The summed E-state index contributed by atoms with van der Waals surface area (Å²) >= 11 is 0. The predicted molar refractivity (Wildman–Crippen MR) is 82.9 cm³/mol. The normalized spacial score (nSPS) is 25.3. The fraction of sp³-hybridized carbons (Fsp3) is 0.600. The Kier molecular flexibility index (Phi) is 4.44. The number of amides is 1. The maximum absolute atomic E-state index is 12.4. The Bertz CT molecular complexity index is 625. The number of hydrogen-bond acceptors (Lipinski definition) is 5. The second kappa shape index (κ2) is 6.34. The van der Waals surface area contributed by atoms with E-state index in [2.05, 4.69) is 9.88 Å². The van der Waals surface area contributed by atoms with E-state index in [0.717, 1.165) is 25.3 Å². The molecule has 120 valence electrons. The summed E-state index contributed by atoms with van der Waals surface area (Å²) in [4.78, 5) is 20.8. The molecule has 0 bridgehead atoms. The van der Waals surface area contributed by atoms with Crippen molar-refractivity contribution in [3.8, 4) is 0 Å². The van der Waals surface area contributed by atoms with Crippen molar-refractivity contribution < 1.29 is 13.2 Å². The van der Waals surface area contributed by atoms with Crippen molar-refractivity contribution in [3.63, 3.8) is 0 Å². The third kappa shape index (κ3) is 3.64. The van der Waals surface area contributed by atoms with Gasteiger partial charge in [-0.25, -0.2) is 8.42 Å². The van der Waals surface area contributed by atoms with E-state index >= 15 is 0 Å². The van der Waals surface area contributed by atoms with Crippen LogP contribution in [0.25, 0.3) is 0 Å². The van der Waals surface area contributed by atoms with Gasteiger partial charge in [0.25, 0.3) is 0 Å². The van der Waals surface area contributed by atoms with Crippen molar-refractivity contribution in [1.82, 2.24) is 14.8 Å². The number of aromatic nitrogens is 1. The molecule has 0 aliphatic carbocycles. The van der Waals surface area contributed by atoms with Crippen LogP contribution in [0.4, 0.5) is 0 Å². The third-order valence-electron chi connectivity index (χ3n) is 4.38. The number of hydrogen-bond donors (Lipinski definition) is 0. The topological polar surface area (TPSA) is 70.6 Å². The lowest BCUT2D eigenvalue weighted by atomic mass is 10.1. The molecule has 1 aromatic heterocycles. The number of nitrogens with zero attached hydrogens (tertiary/aromatic N) is 3. The minimum Gasteiger partial charge on any atom is -0.340 e. The summed E-state index contributed by atoms with van der Waals surface area (Å²) in [5.41, 5.74) is 1.03. The van der Waals surface area contributed by atoms with Crippen LogP contribution in [-0.2, 0) is 21.2 Å². The number of sulfone groups is 1. The number of pyridine rings is 1. The van der Waals surface area contributed by atoms with E-state index in [1.165, 1.54) is 0 Å². The number of piperazine rings is 1. The zero-order chi connectivity index (χ0) is 15.6. The molecule has 1 amide bonds. The monoisotopic (exact) mass is 323 g/mol. The van der Waals surface area contributed by atoms with Gasteiger partial charge in [0.05, 0.1) is 23.1 Å². The fourth-order valence-electron chi connectivity index (χ4n) is 3.10. The predicted octanol–water partition coefficient (Wildman–Crippen LogP) is 0.161. The van der Waals surface area contributed by atoms with Gasteiger partial charge in [0.15, 0.2) is 9.84 Å². The van der Waals surface area contributed by atoms with Gasteiger partial charge in [-0.3, -0.25) is 14.7 Å². The second-order valence-corrected chi connectivity index (χ2v) is 8.25. The summed E-state index contributed by atoms with van der Waals surface area (Å²) in [6, 6.07) is 5.87. The van der Waals surface area contributed by atoms with Crippen molar-refractivity contribution in [2.24, 2.45) is 5.92 Å². The quantitative estimate of drug-likeness (QED) is 0.792. The smallest absolute Gasteiger partial charge is 0.226 e. The summed E-state index contributed by atoms with van der Waals surface area (Å²) in [5, 5.41) is 0. The molecule has 6 nitrogen and oxygen atoms in total. The van der Waals surface area contributed by atoms with E-state index in [-0.39, 0.29) is 23.3 Å². The van der Waals surface area contributed by atoms with Gasteiger partial charge in [-0.05, 0) is 18.6 Å². The molecule has 7 heteroatoms. The van der Waals surface area contributed by atoms with Crippen LogP contribution in [0.5, 0.6) is 0 Å². The van der Waals surface area contributed by atoms with Crippen LogP contribution in [0.15, 0.2) is 24.4 Å². The van der Waals surface area contributed by atoms with Gasteiger partial charge in [0, 0.05) is 38.9 Å². The summed E-state index contributed by atoms with van der Waals surface area (Å²) in [5.74, 6) is -0.130. The lowest BCUT2D eigenvalue weighted by Gasteiger charge is -2.35.